The minimum Gasteiger partial charge on any atom is -0.497 e. The minimum absolute atomic E-state index is 0.0472. The summed E-state index contributed by atoms with van der Waals surface area (Å²) in [5, 5.41) is -0.0472. The van der Waals surface area contributed by atoms with Gasteiger partial charge in [0.2, 0.25) is 0 Å². The predicted molar refractivity (Wildman–Crippen MR) is 85.0 cm³/mol. The maximum absolute atomic E-state index is 6.47. The molecular formula is C13H11Br2ClOS. The van der Waals surface area contributed by atoms with Gasteiger partial charge in [0.15, 0.2) is 0 Å². The largest absolute Gasteiger partial charge is 0.497 e. The summed E-state index contributed by atoms with van der Waals surface area (Å²) in [6.45, 7) is 0. The molecule has 1 aromatic heterocycles. The molecule has 0 fully saturated rings. The van der Waals surface area contributed by atoms with Crippen molar-refractivity contribution in [3.05, 3.63) is 49.0 Å². The highest BCUT2D eigenvalue weighted by Gasteiger charge is 2.15. The van der Waals surface area contributed by atoms with E-state index in [1.54, 1.807) is 18.4 Å². The molecule has 0 aliphatic rings. The van der Waals surface area contributed by atoms with Gasteiger partial charge in [-0.2, -0.15) is 0 Å². The van der Waals surface area contributed by atoms with Crippen molar-refractivity contribution in [3.8, 4) is 5.75 Å². The zero-order valence-corrected chi connectivity index (χ0v) is 14.4. The molecule has 0 radical (unpaired) electrons. The second-order valence-electron chi connectivity index (χ2n) is 3.80. The highest BCUT2D eigenvalue weighted by Crippen LogP contribution is 2.39. The molecule has 1 atom stereocenters. The molecule has 0 saturated carbocycles. The first-order chi connectivity index (χ1) is 8.60. The van der Waals surface area contributed by atoms with Gasteiger partial charge in [0.1, 0.15) is 5.75 Å². The first kappa shape index (κ1) is 14.4. The van der Waals surface area contributed by atoms with Crippen LogP contribution in [-0.4, -0.2) is 7.11 Å². The average Bonchev–Trinajstić information content (AvgIpc) is 2.69. The Morgan fingerprint density at radius 1 is 1.33 bits per heavy atom. The predicted octanol–water partition coefficient (Wildman–Crippen LogP) is 5.80. The lowest BCUT2D eigenvalue weighted by Gasteiger charge is -2.09. The van der Waals surface area contributed by atoms with Crippen LogP contribution in [0.2, 0.25) is 0 Å². The number of alkyl halides is 1. The van der Waals surface area contributed by atoms with Crippen LogP contribution >= 0.6 is 54.8 Å². The fourth-order valence-electron chi connectivity index (χ4n) is 1.68. The number of rotatable bonds is 4. The number of thiophene rings is 1. The van der Waals surface area contributed by atoms with Crippen LogP contribution in [-0.2, 0) is 6.42 Å². The summed E-state index contributed by atoms with van der Waals surface area (Å²) >= 11 is 15.1. The van der Waals surface area contributed by atoms with Crippen molar-refractivity contribution >= 4 is 54.8 Å². The van der Waals surface area contributed by atoms with E-state index in [9.17, 15) is 0 Å². The Hall–Kier alpha value is -0.0300. The summed E-state index contributed by atoms with van der Waals surface area (Å²) < 4.78 is 7.38. The van der Waals surface area contributed by atoms with Crippen LogP contribution in [0.3, 0.4) is 0 Å². The lowest BCUT2D eigenvalue weighted by atomic mass is 10.1. The molecule has 2 rings (SSSR count). The van der Waals surface area contributed by atoms with Gasteiger partial charge < -0.3 is 4.74 Å². The fraction of sp³-hybridized carbons (Fsp3) is 0.231. The van der Waals surface area contributed by atoms with Gasteiger partial charge in [-0.05, 0) is 67.6 Å². The summed E-state index contributed by atoms with van der Waals surface area (Å²) in [5.74, 6) is 0.863. The van der Waals surface area contributed by atoms with Crippen LogP contribution in [0.1, 0.15) is 16.5 Å². The summed E-state index contributed by atoms with van der Waals surface area (Å²) in [5.41, 5.74) is 2.29. The van der Waals surface area contributed by atoms with E-state index >= 15 is 0 Å². The molecule has 18 heavy (non-hydrogen) atoms. The van der Waals surface area contributed by atoms with Crippen molar-refractivity contribution < 1.29 is 4.74 Å². The van der Waals surface area contributed by atoms with Gasteiger partial charge in [0, 0.05) is 0 Å². The van der Waals surface area contributed by atoms with Crippen molar-refractivity contribution in [1.29, 1.82) is 0 Å². The van der Waals surface area contributed by atoms with Crippen molar-refractivity contribution in [1.82, 2.24) is 0 Å². The molecule has 0 saturated heterocycles. The summed E-state index contributed by atoms with van der Waals surface area (Å²) in [4.78, 5) is 0. The fourth-order valence-corrected chi connectivity index (χ4v) is 5.20. The lowest BCUT2D eigenvalue weighted by molar-refractivity contribution is 0.414. The summed E-state index contributed by atoms with van der Waals surface area (Å²) in [6, 6.07) is 10.1. The minimum atomic E-state index is -0.0472. The van der Waals surface area contributed by atoms with Gasteiger partial charge in [0.25, 0.3) is 0 Å². The number of hydrogen-bond donors (Lipinski definition) is 0. The Morgan fingerprint density at radius 3 is 2.72 bits per heavy atom. The van der Waals surface area contributed by atoms with Crippen LogP contribution < -0.4 is 4.74 Å². The van der Waals surface area contributed by atoms with Crippen molar-refractivity contribution in [3.63, 3.8) is 0 Å². The molecule has 0 aliphatic carbocycles. The van der Waals surface area contributed by atoms with Crippen molar-refractivity contribution in [2.45, 2.75) is 11.8 Å². The smallest absolute Gasteiger partial charge is 0.119 e. The molecule has 1 heterocycles. The number of benzene rings is 1. The Kier molecular flexibility index (Phi) is 5.13. The third kappa shape index (κ3) is 3.50. The van der Waals surface area contributed by atoms with E-state index in [1.165, 1.54) is 5.56 Å². The van der Waals surface area contributed by atoms with Crippen LogP contribution in [0.25, 0.3) is 0 Å². The van der Waals surface area contributed by atoms with Gasteiger partial charge in [-0.15, -0.1) is 22.9 Å². The summed E-state index contributed by atoms with van der Waals surface area (Å²) in [7, 11) is 1.67. The van der Waals surface area contributed by atoms with E-state index in [0.717, 1.165) is 25.3 Å². The Bertz CT molecular complexity index is 542. The standard InChI is InChI=1S/C13H11Br2ClOS/c1-17-9-4-2-3-8(5-9)6-11(16)10-7-12(14)18-13(10)15/h2-5,7,11H,6H2,1H3. The Labute approximate surface area is 132 Å². The van der Waals surface area contributed by atoms with E-state index in [2.05, 4.69) is 44.0 Å². The SMILES string of the molecule is COc1cccc(CC(Cl)c2cc(Br)sc2Br)c1. The Morgan fingerprint density at radius 2 is 2.11 bits per heavy atom. The topological polar surface area (TPSA) is 9.23 Å². The van der Waals surface area contributed by atoms with Crippen LogP contribution in [0.5, 0.6) is 5.75 Å². The van der Waals surface area contributed by atoms with E-state index < -0.39 is 0 Å². The van der Waals surface area contributed by atoms with Crippen molar-refractivity contribution in [2.75, 3.05) is 7.11 Å². The van der Waals surface area contributed by atoms with Crippen molar-refractivity contribution in [2.24, 2.45) is 0 Å². The Balaban J connectivity index is 2.15. The second kappa shape index (κ2) is 6.42. The number of hydrogen-bond acceptors (Lipinski definition) is 2. The number of ether oxygens (including phenoxy) is 1. The molecule has 0 spiro atoms. The normalized spacial score (nSPS) is 12.4. The van der Waals surface area contributed by atoms with Crippen LogP contribution in [0.4, 0.5) is 0 Å². The molecular weight excluding hydrogens is 399 g/mol. The monoisotopic (exact) mass is 408 g/mol. The maximum atomic E-state index is 6.47. The van der Waals surface area contributed by atoms with Gasteiger partial charge in [0.05, 0.1) is 20.1 Å². The zero-order valence-electron chi connectivity index (χ0n) is 9.62. The summed E-state index contributed by atoms with van der Waals surface area (Å²) in [6.07, 6.45) is 0.778. The molecule has 2 aromatic rings. The first-order valence-corrected chi connectivity index (χ1v) is 8.15. The number of halogens is 3. The highest BCUT2D eigenvalue weighted by molar-refractivity contribution is 9.12. The van der Waals surface area contributed by atoms with Gasteiger partial charge in [-0.3, -0.25) is 0 Å². The molecule has 1 nitrogen and oxygen atoms in total. The third-order valence-electron chi connectivity index (χ3n) is 2.57. The highest BCUT2D eigenvalue weighted by atomic mass is 79.9. The zero-order chi connectivity index (χ0) is 13.1. The molecule has 0 aliphatic heterocycles. The van der Waals surface area contributed by atoms with E-state index in [0.29, 0.717) is 0 Å². The number of methoxy groups -OCH3 is 1. The molecule has 1 unspecified atom stereocenters. The van der Waals surface area contributed by atoms with Crippen LogP contribution in [0.15, 0.2) is 37.9 Å². The molecule has 0 N–H and O–H groups in total. The van der Waals surface area contributed by atoms with Gasteiger partial charge in [-0.1, -0.05) is 12.1 Å². The van der Waals surface area contributed by atoms with Gasteiger partial charge in [-0.25, -0.2) is 0 Å². The quantitative estimate of drug-likeness (QED) is 0.579. The van der Waals surface area contributed by atoms with Crippen LogP contribution in [0, 0.1) is 0 Å². The molecule has 0 bridgehead atoms. The molecule has 96 valence electrons. The van der Waals surface area contributed by atoms with E-state index in [4.69, 9.17) is 16.3 Å². The van der Waals surface area contributed by atoms with E-state index in [1.807, 2.05) is 18.2 Å². The molecule has 0 amide bonds. The molecule has 1 aromatic carbocycles. The first-order valence-electron chi connectivity index (χ1n) is 5.32. The maximum Gasteiger partial charge on any atom is 0.119 e. The average molecular weight is 411 g/mol. The second-order valence-corrected chi connectivity index (χ2v) is 8.08. The lowest BCUT2D eigenvalue weighted by Crippen LogP contribution is -1.95. The van der Waals surface area contributed by atoms with E-state index in [-0.39, 0.29) is 5.38 Å². The van der Waals surface area contributed by atoms with Gasteiger partial charge >= 0.3 is 0 Å². The third-order valence-corrected chi connectivity index (χ3v) is 5.34. The molecule has 5 heteroatoms.